The molecular weight excluding hydrogens is 785 g/mol. The summed E-state index contributed by atoms with van der Waals surface area (Å²) in [6, 6.07) is 54.1. The molecule has 1 aliphatic heterocycles. The lowest BCUT2D eigenvalue weighted by molar-refractivity contribution is 0.998. The molecule has 0 spiro atoms. The lowest BCUT2D eigenvalue weighted by atomic mass is 10.0. The van der Waals surface area contributed by atoms with E-state index in [1.54, 1.807) is 6.08 Å². The minimum atomic E-state index is 0.605. The van der Waals surface area contributed by atoms with Crippen molar-refractivity contribution in [3.8, 4) is 45.6 Å². The maximum atomic E-state index is 5.00. The summed E-state index contributed by atoms with van der Waals surface area (Å²) in [6.07, 6.45) is 18.8. The fraction of sp³-hybridized carbons (Fsp3) is 0.0357. The van der Waals surface area contributed by atoms with E-state index in [-0.39, 0.29) is 0 Å². The number of nitrogens with zero attached hydrogens (tertiary/aromatic N) is 8. The van der Waals surface area contributed by atoms with E-state index in [1.165, 1.54) is 0 Å². The normalized spacial score (nSPS) is 13.3. The Morgan fingerprint density at radius 2 is 0.891 bits per heavy atom. The molecule has 8 nitrogen and oxygen atoms in total. The first-order valence-corrected chi connectivity index (χ1v) is 21.2. The van der Waals surface area contributed by atoms with Crippen LogP contribution in [0.15, 0.2) is 219 Å². The molecule has 0 N–H and O–H groups in total. The number of anilines is 6. The third-order valence-corrected chi connectivity index (χ3v) is 11.0. The highest BCUT2D eigenvalue weighted by Crippen LogP contribution is 2.54. The maximum Gasteiger partial charge on any atom is 0.164 e. The molecule has 0 bridgehead atoms. The van der Waals surface area contributed by atoms with Crippen molar-refractivity contribution in [1.82, 2.24) is 29.9 Å². The number of aromatic nitrogens is 6. The number of allylic oxidation sites excluding steroid dienone is 11. The van der Waals surface area contributed by atoms with Crippen LogP contribution in [0.5, 0.6) is 0 Å². The van der Waals surface area contributed by atoms with Crippen molar-refractivity contribution in [1.29, 1.82) is 0 Å². The lowest BCUT2D eigenvalue weighted by Crippen LogP contribution is -2.23. The van der Waals surface area contributed by atoms with Gasteiger partial charge in [0.15, 0.2) is 34.9 Å². The van der Waals surface area contributed by atoms with Crippen LogP contribution in [0.2, 0.25) is 0 Å². The number of fused-ring (bicyclic) bond motifs is 2. The quantitative estimate of drug-likeness (QED) is 0.126. The Bertz CT molecular complexity index is 3040. The summed E-state index contributed by atoms with van der Waals surface area (Å²) in [6.45, 7) is 5.81. The van der Waals surface area contributed by atoms with Crippen molar-refractivity contribution in [2.24, 2.45) is 0 Å². The predicted molar refractivity (Wildman–Crippen MR) is 262 cm³/mol. The Balaban J connectivity index is 1.00. The Morgan fingerprint density at radius 1 is 0.469 bits per heavy atom. The molecule has 8 heteroatoms. The molecule has 0 amide bonds. The predicted octanol–water partition coefficient (Wildman–Crippen LogP) is 14.0. The first-order valence-electron chi connectivity index (χ1n) is 21.2. The fourth-order valence-electron chi connectivity index (χ4n) is 7.85. The van der Waals surface area contributed by atoms with E-state index in [0.29, 0.717) is 34.9 Å². The smallest absolute Gasteiger partial charge is 0.164 e. The van der Waals surface area contributed by atoms with Gasteiger partial charge in [0.2, 0.25) is 0 Å². The SMILES string of the molecule is C=C/C=C\C=C(/C)c1nc(C2=CC=CCC=C2)nc(-c2ccc(N3c4ccccc4N(c4ccc(-c5nc(-c6ccccc6)nc(-c6ccccc6)n5)cc4)c4ccccc43)cc2)n1. The first kappa shape index (κ1) is 39.5. The summed E-state index contributed by atoms with van der Waals surface area (Å²) in [4.78, 5) is 34.3. The molecule has 8 aromatic rings. The summed E-state index contributed by atoms with van der Waals surface area (Å²) in [7, 11) is 0. The van der Waals surface area contributed by atoms with Gasteiger partial charge >= 0.3 is 0 Å². The van der Waals surface area contributed by atoms with Crippen molar-refractivity contribution in [2.45, 2.75) is 13.3 Å². The highest BCUT2D eigenvalue weighted by Gasteiger charge is 2.30. The zero-order valence-electron chi connectivity index (χ0n) is 35.2. The Hall–Kier alpha value is -8.62. The molecule has 0 atom stereocenters. The van der Waals surface area contributed by atoms with E-state index in [4.69, 9.17) is 29.9 Å². The highest BCUT2D eigenvalue weighted by molar-refractivity contribution is 6.01. The van der Waals surface area contributed by atoms with Crippen LogP contribution in [-0.4, -0.2) is 29.9 Å². The second-order valence-corrected chi connectivity index (χ2v) is 15.2. The van der Waals surface area contributed by atoms with Gasteiger partial charge in [0, 0.05) is 39.2 Å². The number of rotatable bonds is 10. The molecule has 0 fully saturated rings. The van der Waals surface area contributed by atoms with E-state index in [9.17, 15) is 0 Å². The Morgan fingerprint density at radius 3 is 1.38 bits per heavy atom. The molecule has 64 heavy (non-hydrogen) atoms. The average Bonchev–Trinajstić information content (AvgIpc) is 3.66. The van der Waals surface area contributed by atoms with Crippen LogP contribution in [0, 0.1) is 0 Å². The number of hydrogen-bond donors (Lipinski definition) is 0. The van der Waals surface area contributed by atoms with E-state index in [0.717, 1.165) is 73.9 Å². The molecule has 0 saturated carbocycles. The second-order valence-electron chi connectivity index (χ2n) is 15.2. The van der Waals surface area contributed by atoms with E-state index >= 15 is 0 Å². The summed E-state index contributed by atoms with van der Waals surface area (Å²) in [5.41, 5.74) is 11.7. The zero-order chi connectivity index (χ0) is 43.2. The van der Waals surface area contributed by atoms with Crippen LogP contribution in [-0.2, 0) is 0 Å². The van der Waals surface area contributed by atoms with Crippen LogP contribution in [0.4, 0.5) is 34.1 Å². The van der Waals surface area contributed by atoms with Gasteiger partial charge in [0.05, 0.1) is 22.7 Å². The number of para-hydroxylation sites is 4. The van der Waals surface area contributed by atoms with Gasteiger partial charge < -0.3 is 9.80 Å². The molecule has 1 aliphatic carbocycles. The third kappa shape index (κ3) is 7.99. The van der Waals surface area contributed by atoms with Gasteiger partial charge in [0.25, 0.3) is 0 Å². The van der Waals surface area contributed by atoms with Gasteiger partial charge in [-0.1, -0.05) is 146 Å². The van der Waals surface area contributed by atoms with E-state index in [1.807, 2.05) is 98.0 Å². The van der Waals surface area contributed by atoms with Gasteiger partial charge in [-0.25, -0.2) is 29.9 Å². The largest absolute Gasteiger partial charge is 0.306 e. The van der Waals surface area contributed by atoms with Gasteiger partial charge in [-0.2, -0.15) is 0 Å². The van der Waals surface area contributed by atoms with Crippen LogP contribution >= 0.6 is 0 Å². The topological polar surface area (TPSA) is 83.8 Å². The monoisotopic (exact) mass is 826 g/mol. The second kappa shape index (κ2) is 17.8. The minimum absolute atomic E-state index is 0.605. The van der Waals surface area contributed by atoms with Crippen molar-refractivity contribution >= 4 is 45.3 Å². The summed E-state index contributed by atoms with van der Waals surface area (Å²) < 4.78 is 0. The van der Waals surface area contributed by atoms with Gasteiger partial charge in [0.1, 0.15) is 0 Å². The first-order chi connectivity index (χ1) is 31.6. The van der Waals surface area contributed by atoms with Crippen molar-refractivity contribution in [2.75, 3.05) is 9.80 Å². The van der Waals surface area contributed by atoms with E-state index < -0.39 is 0 Å². The molecule has 0 unspecified atom stereocenters. The summed E-state index contributed by atoms with van der Waals surface area (Å²) in [5.74, 6) is 3.72. The van der Waals surface area contributed by atoms with Gasteiger partial charge in [-0.15, -0.1) is 0 Å². The van der Waals surface area contributed by atoms with Crippen LogP contribution in [0.1, 0.15) is 25.0 Å². The Kier molecular flexibility index (Phi) is 11.0. The standard InChI is InChI=1S/C56H42N8/c1-3-4-9-20-39(2)51-57-52(40-21-10-5-6-11-22-40)59-55(58-51)43-31-35-45(36-32-43)63-47-27-16-18-29-49(47)64(50-30-19-17-28-48(50)63)46-37-33-44(34-38-46)56-61-53(41-23-12-7-13-24-41)60-54(62-56)42-25-14-8-15-26-42/h3-5,7-38H,1,6H2,2H3/b9-4-,39-20+. The third-order valence-electron chi connectivity index (χ3n) is 11.0. The maximum absolute atomic E-state index is 5.00. The zero-order valence-corrected chi connectivity index (χ0v) is 35.2. The molecular formula is C56H42N8. The van der Waals surface area contributed by atoms with Crippen LogP contribution in [0.25, 0.3) is 56.7 Å². The molecule has 10 rings (SSSR count). The number of benzene rings is 6. The molecule has 0 saturated heterocycles. The van der Waals surface area contributed by atoms with Gasteiger partial charge in [-0.05, 0) is 91.7 Å². The highest BCUT2D eigenvalue weighted by atomic mass is 15.3. The van der Waals surface area contributed by atoms with Crippen molar-refractivity contribution < 1.29 is 0 Å². The Labute approximate surface area is 373 Å². The minimum Gasteiger partial charge on any atom is -0.306 e. The summed E-state index contributed by atoms with van der Waals surface area (Å²) in [5, 5.41) is 0. The van der Waals surface area contributed by atoms with Gasteiger partial charge in [-0.3, -0.25) is 0 Å². The molecule has 6 aromatic carbocycles. The van der Waals surface area contributed by atoms with Crippen LogP contribution < -0.4 is 9.80 Å². The number of hydrogen-bond acceptors (Lipinski definition) is 8. The average molecular weight is 827 g/mol. The lowest BCUT2D eigenvalue weighted by Gasteiger charge is -2.40. The molecule has 306 valence electrons. The summed E-state index contributed by atoms with van der Waals surface area (Å²) >= 11 is 0. The van der Waals surface area contributed by atoms with Crippen LogP contribution in [0.3, 0.4) is 0 Å². The van der Waals surface area contributed by atoms with Crippen molar-refractivity contribution in [3.63, 3.8) is 0 Å². The molecule has 2 aliphatic rings. The molecule has 2 aromatic heterocycles. The molecule has 3 heterocycles. The molecule has 0 radical (unpaired) electrons. The van der Waals surface area contributed by atoms with E-state index in [2.05, 4.69) is 132 Å². The van der Waals surface area contributed by atoms with Crippen molar-refractivity contribution in [3.05, 3.63) is 231 Å². The fourth-order valence-corrected chi connectivity index (χ4v) is 7.85.